The van der Waals surface area contributed by atoms with Crippen LogP contribution in [0.5, 0.6) is 0 Å². The standard InChI is InChI=1S/C15H15ClN4O2S/c1-10-12(15(16)20(2)19-10)9-23(21,22)8-11-7-17-13-5-3-4-6-14(13)18-11/h3-7H,8-9H2,1-2H3. The van der Waals surface area contributed by atoms with Crippen molar-refractivity contribution in [3.8, 4) is 0 Å². The highest BCUT2D eigenvalue weighted by Gasteiger charge is 2.21. The number of benzene rings is 1. The second-order valence-corrected chi connectivity index (χ2v) is 7.78. The molecule has 0 saturated heterocycles. The Morgan fingerprint density at radius 2 is 1.87 bits per heavy atom. The van der Waals surface area contributed by atoms with E-state index in [2.05, 4.69) is 15.1 Å². The van der Waals surface area contributed by atoms with Crippen molar-refractivity contribution in [2.24, 2.45) is 7.05 Å². The van der Waals surface area contributed by atoms with Crippen molar-refractivity contribution in [2.45, 2.75) is 18.4 Å². The van der Waals surface area contributed by atoms with E-state index in [4.69, 9.17) is 11.6 Å². The molecule has 0 radical (unpaired) electrons. The minimum atomic E-state index is -3.43. The van der Waals surface area contributed by atoms with E-state index in [1.165, 1.54) is 10.9 Å². The first-order chi connectivity index (χ1) is 10.9. The smallest absolute Gasteiger partial charge is 0.160 e. The highest BCUT2D eigenvalue weighted by Crippen LogP contribution is 2.22. The summed E-state index contributed by atoms with van der Waals surface area (Å²) < 4.78 is 26.4. The third kappa shape index (κ3) is 3.35. The van der Waals surface area contributed by atoms with E-state index < -0.39 is 9.84 Å². The number of aryl methyl sites for hydroxylation is 2. The number of fused-ring (bicyclic) bond motifs is 1. The minimum Gasteiger partial charge on any atom is -0.257 e. The van der Waals surface area contributed by atoms with E-state index >= 15 is 0 Å². The maximum atomic E-state index is 12.5. The SMILES string of the molecule is Cc1nn(C)c(Cl)c1CS(=O)(=O)Cc1cnc2ccccc2n1. The van der Waals surface area contributed by atoms with Gasteiger partial charge in [0.15, 0.2) is 9.84 Å². The molecule has 0 unspecified atom stereocenters. The summed E-state index contributed by atoms with van der Waals surface area (Å²) in [4.78, 5) is 8.60. The molecule has 0 spiro atoms. The van der Waals surface area contributed by atoms with E-state index in [9.17, 15) is 8.42 Å². The molecule has 1 aromatic carbocycles. The quantitative estimate of drug-likeness (QED) is 0.722. The molecule has 2 heterocycles. The van der Waals surface area contributed by atoms with Gasteiger partial charge in [-0.25, -0.2) is 13.4 Å². The molecular formula is C15H15ClN4O2S. The van der Waals surface area contributed by atoms with Crippen LogP contribution in [-0.4, -0.2) is 28.2 Å². The monoisotopic (exact) mass is 350 g/mol. The van der Waals surface area contributed by atoms with E-state index in [0.717, 1.165) is 5.52 Å². The van der Waals surface area contributed by atoms with E-state index in [1.54, 1.807) is 20.0 Å². The van der Waals surface area contributed by atoms with Crippen LogP contribution in [0, 0.1) is 6.92 Å². The van der Waals surface area contributed by atoms with Crippen molar-refractivity contribution in [2.75, 3.05) is 0 Å². The molecule has 3 rings (SSSR count). The van der Waals surface area contributed by atoms with Crippen LogP contribution in [0.4, 0.5) is 0 Å². The van der Waals surface area contributed by atoms with Gasteiger partial charge in [0.25, 0.3) is 0 Å². The van der Waals surface area contributed by atoms with Gasteiger partial charge in [-0.15, -0.1) is 0 Å². The average Bonchev–Trinajstić information content (AvgIpc) is 2.73. The molecule has 120 valence electrons. The van der Waals surface area contributed by atoms with Gasteiger partial charge in [-0.3, -0.25) is 9.67 Å². The molecule has 0 aliphatic rings. The summed E-state index contributed by atoms with van der Waals surface area (Å²) in [7, 11) is -1.75. The van der Waals surface area contributed by atoms with Gasteiger partial charge in [0.2, 0.25) is 0 Å². The van der Waals surface area contributed by atoms with Crippen LogP contribution in [0.1, 0.15) is 17.0 Å². The normalized spacial score (nSPS) is 12.0. The summed E-state index contributed by atoms with van der Waals surface area (Å²) in [5, 5.41) is 4.48. The van der Waals surface area contributed by atoms with Gasteiger partial charge in [0.1, 0.15) is 5.15 Å². The van der Waals surface area contributed by atoms with Gasteiger partial charge >= 0.3 is 0 Å². The lowest BCUT2D eigenvalue weighted by atomic mass is 10.3. The number of rotatable bonds is 4. The maximum absolute atomic E-state index is 12.5. The molecule has 0 bridgehead atoms. The van der Waals surface area contributed by atoms with Crippen LogP contribution in [-0.2, 0) is 28.4 Å². The lowest BCUT2D eigenvalue weighted by molar-refractivity contribution is 0.593. The number of hydrogen-bond donors (Lipinski definition) is 0. The zero-order valence-corrected chi connectivity index (χ0v) is 14.3. The Labute approximate surface area is 139 Å². The first kappa shape index (κ1) is 15.9. The second kappa shape index (κ2) is 5.90. The fourth-order valence-electron chi connectivity index (χ4n) is 2.40. The third-order valence-electron chi connectivity index (χ3n) is 3.50. The molecule has 23 heavy (non-hydrogen) atoms. The van der Waals surface area contributed by atoms with Crippen molar-refractivity contribution in [3.63, 3.8) is 0 Å². The van der Waals surface area contributed by atoms with Crippen molar-refractivity contribution >= 4 is 32.5 Å². The molecule has 0 amide bonds. The van der Waals surface area contributed by atoms with Crippen LogP contribution in [0.2, 0.25) is 5.15 Å². The van der Waals surface area contributed by atoms with Crippen LogP contribution < -0.4 is 0 Å². The Morgan fingerprint density at radius 1 is 1.17 bits per heavy atom. The predicted octanol–water partition coefficient (Wildman–Crippen LogP) is 2.44. The van der Waals surface area contributed by atoms with E-state index in [-0.39, 0.29) is 11.5 Å². The van der Waals surface area contributed by atoms with Crippen molar-refractivity contribution < 1.29 is 8.42 Å². The number of halogens is 1. The Bertz CT molecular complexity index is 982. The van der Waals surface area contributed by atoms with Gasteiger partial charge < -0.3 is 0 Å². The van der Waals surface area contributed by atoms with Crippen molar-refractivity contribution in [1.82, 2.24) is 19.7 Å². The number of nitrogens with zero attached hydrogens (tertiary/aromatic N) is 4. The summed E-state index contributed by atoms with van der Waals surface area (Å²) in [5.41, 5.74) is 2.98. The first-order valence-electron chi connectivity index (χ1n) is 6.95. The fraction of sp³-hybridized carbons (Fsp3) is 0.267. The molecule has 0 saturated carbocycles. The van der Waals surface area contributed by atoms with Crippen LogP contribution in [0.15, 0.2) is 30.5 Å². The van der Waals surface area contributed by atoms with E-state index in [0.29, 0.717) is 27.6 Å². The first-order valence-corrected chi connectivity index (χ1v) is 9.15. The third-order valence-corrected chi connectivity index (χ3v) is 5.44. The van der Waals surface area contributed by atoms with Gasteiger partial charge in [-0.2, -0.15) is 5.10 Å². The fourth-order valence-corrected chi connectivity index (χ4v) is 4.20. The van der Waals surface area contributed by atoms with Crippen LogP contribution in [0.3, 0.4) is 0 Å². The molecule has 2 aromatic heterocycles. The lowest BCUT2D eigenvalue weighted by Gasteiger charge is -2.05. The Morgan fingerprint density at radius 3 is 2.52 bits per heavy atom. The molecule has 0 atom stereocenters. The zero-order valence-electron chi connectivity index (χ0n) is 12.7. The molecule has 3 aromatic rings. The summed E-state index contributed by atoms with van der Waals surface area (Å²) in [5.74, 6) is -0.352. The molecule has 0 fully saturated rings. The Hall–Kier alpha value is -1.99. The summed E-state index contributed by atoms with van der Waals surface area (Å²) in [6.45, 7) is 1.74. The van der Waals surface area contributed by atoms with Crippen molar-refractivity contribution in [1.29, 1.82) is 0 Å². The highest BCUT2D eigenvalue weighted by molar-refractivity contribution is 7.89. The Balaban J connectivity index is 1.87. The largest absolute Gasteiger partial charge is 0.257 e. The lowest BCUT2D eigenvalue weighted by Crippen LogP contribution is -2.10. The van der Waals surface area contributed by atoms with Crippen LogP contribution >= 0.6 is 11.6 Å². The summed E-state index contributed by atoms with van der Waals surface area (Å²) in [6, 6.07) is 7.34. The van der Waals surface area contributed by atoms with Crippen LogP contribution in [0.25, 0.3) is 11.0 Å². The Kier molecular flexibility index (Phi) is 4.08. The number of hydrogen-bond acceptors (Lipinski definition) is 5. The van der Waals surface area contributed by atoms with Gasteiger partial charge in [0, 0.05) is 12.6 Å². The average molecular weight is 351 g/mol. The number of aromatic nitrogens is 4. The second-order valence-electron chi connectivity index (χ2n) is 5.36. The van der Waals surface area contributed by atoms with Gasteiger partial charge in [0.05, 0.1) is 40.1 Å². The van der Waals surface area contributed by atoms with Crippen molar-refractivity contribution in [3.05, 3.63) is 52.6 Å². The van der Waals surface area contributed by atoms with Gasteiger partial charge in [-0.05, 0) is 19.1 Å². The van der Waals surface area contributed by atoms with Gasteiger partial charge in [-0.1, -0.05) is 23.7 Å². The topological polar surface area (TPSA) is 77.7 Å². The number of para-hydroxylation sites is 2. The maximum Gasteiger partial charge on any atom is 0.160 e. The minimum absolute atomic E-state index is 0.167. The molecular weight excluding hydrogens is 336 g/mol. The molecule has 0 aliphatic carbocycles. The highest BCUT2D eigenvalue weighted by atomic mass is 35.5. The molecule has 0 aliphatic heterocycles. The molecule has 0 N–H and O–H groups in total. The molecule has 8 heteroatoms. The zero-order chi connectivity index (χ0) is 16.6. The summed E-state index contributed by atoms with van der Waals surface area (Å²) in [6.07, 6.45) is 1.50. The molecule has 6 nitrogen and oxygen atoms in total. The number of sulfone groups is 1. The predicted molar refractivity (Wildman–Crippen MR) is 88.8 cm³/mol. The summed E-state index contributed by atoms with van der Waals surface area (Å²) >= 11 is 6.11. The van der Waals surface area contributed by atoms with E-state index in [1.807, 2.05) is 18.2 Å².